The summed E-state index contributed by atoms with van der Waals surface area (Å²) in [5, 5.41) is 0.692. The Bertz CT molecular complexity index is 1010. The van der Waals surface area contributed by atoms with Crippen LogP contribution < -0.4 is 4.72 Å². The number of halogens is 1. The number of benzene rings is 2. The lowest BCUT2D eigenvalue weighted by Gasteiger charge is -2.17. The molecule has 1 amide bonds. The second-order valence-electron chi connectivity index (χ2n) is 7.71. The third kappa shape index (κ3) is 4.24. The van der Waals surface area contributed by atoms with Crippen LogP contribution in [-0.4, -0.2) is 44.6 Å². The highest BCUT2D eigenvalue weighted by atomic mass is 35.5. The Hall–Kier alpha value is -1.89. The van der Waals surface area contributed by atoms with E-state index in [1.165, 1.54) is 5.56 Å². The molecule has 0 unspecified atom stereocenters. The summed E-state index contributed by atoms with van der Waals surface area (Å²) < 4.78 is 25.4. The molecule has 0 spiro atoms. The second-order valence-corrected chi connectivity index (χ2v) is 9.92. The van der Waals surface area contributed by atoms with Crippen LogP contribution >= 0.6 is 11.6 Å². The Morgan fingerprint density at radius 1 is 1.18 bits per heavy atom. The van der Waals surface area contributed by atoms with Gasteiger partial charge in [-0.1, -0.05) is 48.0 Å². The van der Waals surface area contributed by atoms with Gasteiger partial charge in [0.05, 0.1) is 6.26 Å². The van der Waals surface area contributed by atoms with Crippen molar-refractivity contribution in [2.45, 2.75) is 24.8 Å². The van der Waals surface area contributed by atoms with E-state index in [-0.39, 0.29) is 23.8 Å². The van der Waals surface area contributed by atoms with Gasteiger partial charge in [-0.2, -0.15) is 0 Å². The summed E-state index contributed by atoms with van der Waals surface area (Å²) in [7, 11) is -3.25. The Morgan fingerprint density at radius 2 is 1.96 bits per heavy atom. The van der Waals surface area contributed by atoms with Crippen LogP contribution in [0.3, 0.4) is 0 Å². The maximum Gasteiger partial charge on any atom is 0.226 e. The first-order chi connectivity index (χ1) is 13.3. The molecule has 1 N–H and O–H groups in total. The maximum absolute atomic E-state index is 12.9. The molecule has 4 rings (SSSR count). The second kappa shape index (κ2) is 7.50. The van der Waals surface area contributed by atoms with Crippen LogP contribution in [0.15, 0.2) is 48.5 Å². The van der Waals surface area contributed by atoms with Crippen molar-refractivity contribution in [1.29, 1.82) is 0 Å². The standard InChI is InChI=1S/C21H23ClN2O3S/c1-28(26,27)23-16-9-10-24(13-16)21(25)20-12-19(20)18-8-3-2-7-17(18)14-5-4-6-15(22)11-14/h2-8,11,16,19-20,23H,9-10,12-13H2,1H3/t16-,19+,20-/m1/s1. The fourth-order valence-corrected chi connectivity index (χ4v) is 5.13. The molecule has 1 saturated carbocycles. The third-order valence-corrected chi connectivity index (χ3v) is 6.48. The molecule has 1 aliphatic heterocycles. The van der Waals surface area contributed by atoms with E-state index < -0.39 is 10.0 Å². The van der Waals surface area contributed by atoms with E-state index in [0.717, 1.165) is 23.8 Å². The summed E-state index contributed by atoms with van der Waals surface area (Å²) in [4.78, 5) is 14.7. The van der Waals surface area contributed by atoms with Gasteiger partial charge in [-0.15, -0.1) is 0 Å². The Kier molecular flexibility index (Phi) is 5.21. The zero-order chi connectivity index (χ0) is 19.9. The van der Waals surface area contributed by atoms with Crippen molar-refractivity contribution in [3.8, 4) is 11.1 Å². The van der Waals surface area contributed by atoms with Crippen LogP contribution in [0.25, 0.3) is 11.1 Å². The lowest BCUT2D eigenvalue weighted by atomic mass is 9.96. The number of carbonyl (C=O) groups excluding carboxylic acids is 1. The van der Waals surface area contributed by atoms with E-state index >= 15 is 0 Å². The molecule has 0 bridgehead atoms. The van der Waals surface area contributed by atoms with E-state index in [2.05, 4.69) is 16.9 Å². The van der Waals surface area contributed by atoms with Gasteiger partial charge < -0.3 is 4.90 Å². The molecule has 1 aliphatic carbocycles. The molecule has 28 heavy (non-hydrogen) atoms. The predicted octanol–water partition coefficient (Wildman–Crippen LogP) is 3.26. The fraction of sp³-hybridized carbons (Fsp3) is 0.381. The Morgan fingerprint density at radius 3 is 2.71 bits per heavy atom. The van der Waals surface area contributed by atoms with Crippen molar-refractivity contribution < 1.29 is 13.2 Å². The monoisotopic (exact) mass is 418 g/mol. The molecule has 2 aromatic carbocycles. The minimum Gasteiger partial charge on any atom is -0.341 e. The Balaban J connectivity index is 1.47. The van der Waals surface area contributed by atoms with Gasteiger partial charge in [0, 0.05) is 30.1 Å². The minimum absolute atomic E-state index is 0.0303. The van der Waals surface area contributed by atoms with Gasteiger partial charge in [0.2, 0.25) is 15.9 Å². The summed E-state index contributed by atoms with van der Waals surface area (Å²) in [5.41, 5.74) is 3.34. The van der Waals surface area contributed by atoms with Crippen LogP contribution in [0.5, 0.6) is 0 Å². The predicted molar refractivity (Wildman–Crippen MR) is 111 cm³/mol. The van der Waals surface area contributed by atoms with Crippen molar-refractivity contribution in [3.63, 3.8) is 0 Å². The smallest absolute Gasteiger partial charge is 0.226 e. The summed E-state index contributed by atoms with van der Waals surface area (Å²) in [6.07, 6.45) is 2.65. The highest BCUT2D eigenvalue weighted by Gasteiger charge is 2.47. The molecular weight excluding hydrogens is 396 g/mol. The first kappa shape index (κ1) is 19.4. The van der Waals surface area contributed by atoms with Crippen LogP contribution in [0.1, 0.15) is 24.3 Å². The molecule has 7 heteroatoms. The number of sulfonamides is 1. The normalized spacial score (nSPS) is 24.4. The molecule has 3 atom stereocenters. The average molecular weight is 419 g/mol. The van der Waals surface area contributed by atoms with Gasteiger partial charge in [-0.05, 0) is 47.6 Å². The number of nitrogens with one attached hydrogen (secondary N) is 1. The molecule has 1 saturated heterocycles. The van der Waals surface area contributed by atoms with Crippen molar-refractivity contribution in [3.05, 3.63) is 59.1 Å². The van der Waals surface area contributed by atoms with E-state index in [4.69, 9.17) is 11.6 Å². The zero-order valence-electron chi connectivity index (χ0n) is 15.6. The molecule has 2 aromatic rings. The van der Waals surface area contributed by atoms with Gasteiger partial charge in [-0.25, -0.2) is 13.1 Å². The quantitative estimate of drug-likeness (QED) is 0.810. The number of amides is 1. The van der Waals surface area contributed by atoms with Gasteiger partial charge in [-0.3, -0.25) is 4.79 Å². The lowest BCUT2D eigenvalue weighted by Crippen LogP contribution is -2.38. The Labute approximate surface area is 170 Å². The molecule has 2 aliphatic rings. The topological polar surface area (TPSA) is 66.5 Å². The van der Waals surface area contributed by atoms with Gasteiger partial charge in [0.1, 0.15) is 0 Å². The molecule has 5 nitrogen and oxygen atoms in total. The number of hydrogen-bond donors (Lipinski definition) is 1. The fourth-order valence-electron chi connectivity index (χ4n) is 4.14. The number of hydrogen-bond acceptors (Lipinski definition) is 3. The zero-order valence-corrected chi connectivity index (χ0v) is 17.2. The molecule has 148 valence electrons. The van der Waals surface area contributed by atoms with Crippen molar-refractivity contribution in [2.75, 3.05) is 19.3 Å². The summed E-state index contributed by atoms with van der Waals surface area (Å²) in [5.74, 6) is 0.297. The van der Waals surface area contributed by atoms with Crippen molar-refractivity contribution >= 4 is 27.5 Å². The summed E-state index contributed by atoms with van der Waals surface area (Å²) in [6, 6.07) is 15.7. The number of carbonyl (C=O) groups is 1. The molecule has 0 radical (unpaired) electrons. The highest BCUT2D eigenvalue weighted by Crippen LogP contribution is 2.51. The molecule has 0 aromatic heterocycles. The highest BCUT2D eigenvalue weighted by molar-refractivity contribution is 7.88. The van der Waals surface area contributed by atoms with Crippen LogP contribution in [0.4, 0.5) is 0 Å². The van der Waals surface area contributed by atoms with Gasteiger partial charge >= 0.3 is 0 Å². The number of nitrogens with zero attached hydrogens (tertiary/aromatic N) is 1. The van der Waals surface area contributed by atoms with Crippen molar-refractivity contribution in [2.24, 2.45) is 5.92 Å². The van der Waals surface area contributed by atoms with Crippen LogP contribution in [0, 0.1) is 5.92 Å². The van der Waals surface area contributed by atoms with E-state index in [1.807, 2.05) is 36.4 Å². The van der Waals surface area contributed by atoms with E-state index in [1.54, 1.807) is 4.90 Å². The van der Waals surface area contributed by atoms with Gasteiger partial charge in [0.15, 0.2) is 0 Å². The van der Waals surface area contributed by atoms with E-state index in [9.17, 15) is 13.2 Å². The largest absolute Gasteiger partial charge is 0.341 e. The average Bonchev–Trinajstić information content (AvgIpc) is 3.32. The SMILES string of the molecule is CS(=O)(=O)N[C@@H]1CCN(C(=O)[C@@H]2C[C@H]2c2ccccc2-c2cccc(Cl)c2)C1. The van der Waals surface area contributed by atoms with Crippen LogP contribution in [0.2, 0.25) is 5.02 Å². The van der Waals surface area contributed by atoms with Gasteiger partial charge in [0.25, 0.3) is 0 Å². The first-order valence-electron chi connectivity index (χ1n) is 9.43. The molecule has 2 fully saturated rings. The first-order valence-corrected chi connectivity index (χ1v) is 11.7. The van der Waals surface area contributed by atoms with Crippen LogP contribution in [-0.2, 0) is 14.8 Å². The number of rotatable bonds is 5. The molecule has 1 heterocycles. The van der Waals surface area contributed by atoms with Crippen molar-refractivity contribution in [1.82, 2.24) is 9.62 Å². The third-order valence-electron chi connectivity index (χ3n) is 5.48. The van der Waals surface area contributed by atoms with E-state index in [0.29, 0.717) is 24.5 Å². The maximum atomic E-state index is 12.9. The minimum atomic E-state index is -3.25. The summed E-state index contributed by atoms with van der Waals surface area (Å²) >= 11 is 6.16. The lowest BCUT2D eigenvalue weighted by molar-refractivity contribution is -0.131. The number of likely N-dealkylation sites (tertiary alicyclic amines) is 1. The summed E-state index contributed by atoms with van der Waals surface area (Å²) in [6.45, 7) is 1.05. The molecular formula is C21H23ClN2O3S.